The number of carbonyl (C=O) groups is 1. The zero-order valence-electron chi connectivity index (χ0n) is 11.0. The summed E-state index contributed by atoms with van der Waals surface area (Å²) in [5, 5.41) is 9.92. The summed E-state index contributed by atoms with van der Waals surface area (Å²) < 4.78 is 4.62. The fourth-order valence-electron chi connectivity index (χ4n) is 1.84. The fourth-order valence-corrected chi connectivity index (χ4v) is 2.47. The highest BCUT2D eigenvalue weighted by molar-refractivity contribution is 7.98. The highest BCUT2D eigenvalue weighted by Crippen LogP contribution is 2.26. The molecule has 0 aliphatic carbocycles. The van der Waals surface area contributed by atoms with E-state index >= 15 is 0 Å². The standard InChI is InChI=1S/C13H16N2O2S/c1-8-10(5-6-12(16)17-3)9(2)15-13(18-4)11(8)7-14/h5-6H2,1-4H3. The third kappa shape index (κ3) is 3.02. The number of aryl methyl sites for hydroxylation is 1. The molecule has 0 saturated carbocycles. The third-order valence-corrected chi connectivity index (χ3v) is 3.54. The minimum absolute atomic E-state index is 0.249. The quantitative estimate of drug-likeness (QED) is 0.617. The number of thioether (sulfide) groups is 1. The summed E-state index contributed by atoms with van der Waals surface area (Å²) >= 11 is 1.46. The minimum Gasteiger partial charge on any atom is -0.469 e. The van der Waals surface area contributed by atoms with E-state index in [1.165, 1.54) is 18.9 Å². The second-order valence-electron chi connectivity index (χ2n) is 3.87. The maximum atomic E-state index is 11.2. The van der Waals surface area contributed by atoms with Crippen LogP contribution in [0.3, 0.4) is 0 Å². The number of pyridine rings is 1. The Morgan fingerprint density at radius 3 is 2.67 bits per heavy atom. The molecule has 1 heterocycles. The van der Waals surface area contributed by atoms with Crippen LogP contribution in [0.5, 0.6) is 0 Å². The van der Waals surface area contributed by atoms with Crippen LogP contribution in [0.25, 0.3) is 0 Å². The maximum Gasteiger partial charge on any atom is 0.305 e. The number of nitrogens with zero attached hydrogens (tertiary/aromatic N) is 2. The molecular weight excluding hydrogens is 248 g/mol. The van der Waals surface area contributed by atoms with Crippen molar-refractivity contribution in [2.45, 2.75) is 31.7 Å². The van der Waals surface area contributed by atoms with E-state index in [1.807, 2.05) is 20.1 Å². The lowest BCUT2D eigenvalue weighted by atomic mass is 9.99. The fraction of sp³-hybridized carbons (Fsp3) is 0.462. The first-order valence-corrected chi connectivity index (χ1v) is 6.78. The van der Waals surface area contributed by atoms with E-state index in [1.54, 1.807) is 0 Å². The predicted octanol–water partition coefficient (Wildman–Crippen LogP) is 2.40. The van der Waals surface area contributed by atoms with Crippen molar-refractivity contribution < 1.29 is 9.53 Å². The van der Waals surface area contributed by atoms with Crippen molar-refractivity contribution in [1.82, 2.24) is 4.98 Å². The zero-order chi connectivity index (χ0) is 13.7. The number of esters is 1. The van der Waals surface area contributed by atoms with Crippen LogP contribution in [-0.4, -0.2) is 24.3 Å². The van der Waals surface area contributed by atoms with Gasteiger partial charge in [-0.3, -0.25) is 4.79 Å². The Morgan fingerprint density at radius 1 is 1.50 bits per heavy atom. The van der Waals surface area contributed by atoms with E-state index in [-0.39, 0.29) is 5.97 Å². The number of nitriles is 1. The van der Waals surface area contributed by atoms with Gasteiger partial charge in [-0.2, -0.15) is 5.26 Å². The van der Waals surface area contributed by atoms with Crippen molar-refractivity contribution in [3.8, 4) is 6.07 Å². The summed E-state index contributed by atoms with van der Waals surface area (Å²) in [6, 6.07) is 2.18. The molecule has 18 heavy (non-hydrogen) atoms. The molecule has 4 nitrogen and oxygen atoms in total. The number of methoxy groups -OCH3 is 1. The van der Waals surface area contributed by atoms with Gasteiger partial charge in [0.1, 0.15) is 11.1 Å². The Hall–Kier alpha value is -1.54. The highest BCUT2D eigenvalue weighted by Gasteiger charge is 2.15. The molecule has 0 fully saturated rings. The van der Waals surface area contributed by atoms with Crippen molar-refractivity contribution >= 4 is 17.7 Å². The molecular formula is C13H16N2O2S. The van der Waals surface area contributed by atoms with Crippen LogP contribution in [0.15, 0.2) is 5.03 Å². The van der Waals surface area contributed by atoms with Gasteiger partial charge in [-0.05, 0) is 37.7 Å². The number of ether oxygens (including phenoxy) is 1. The average Bonchev–Trinajstić information content (AvgIpc) is 2.37. The van der Waals surface area contributed by atoms with Crippen LogP contribution in [0.4, 0.5) is 0 Å². The normalized spacial score (nSPS) is 9.94. The number of rotatable bonds is 4. The number of carbonyl (C=O) groups excluding carboxylic acids is 1. The third-order valence-electron chi connectivity index (χ3n) is 2.86. The Balaban J connectivity index is 3.13. The van der Waals surface area contributed by atoms with Gasteiger partial charge in [0.05, 0.1) is 12.7 Å². The second-order valence-corrected chi connectivity index (χ2v) is 4.67. The molecule has 0 bridgehead atoms. The average molecular weight is 264 g/mol. The molecule has 0 atom stereocenters. The summed E-state index contributed by atoms with van der Waals surface area (Å²) in [4.78, 5) is 15.6. The molecule has 0 spiro atoms. The lowest BCUT2D eigenvalue weighted by Gasteiger charge is -2.12. The van der Waals surface area contributed by atoms with Crippen LogP contribution < -0.4 is 0 Å². The molecule has 0 unspecified atom stereocenters. The van der Waals surface area contributed by atoms with Crippen LogP contribution in [-0.2, 0) is 16.0 Å². The van der Waals surface area contributed by atoms with Crippen LogP contribution in [0, 0.1) is 25.2 Å². The van der Waals surface area contributed by atoms with Crippen LogP contribution in [0.2, 0.25) is 0 Å². The monoisotopic (exact) mass is 264 g/mol. The smallest absolute Gasteiger partial charge is 0.305 e. The van der Waals surface area contributed by atoms with Crippen molar-refractivity contribution in [2.75, 3.05) is 13.4 Å². The summed E-state index contributed by atoms with van der Waals surface area (Å²) in [7, 11) is 1.37. The second kappa shape index (κ2) is 6.41. The van der Waals surface area contributed by atoms with Gasteiger partial charge in [-0.15, -0.1) is 11.8 Å². The SMILES string of the molecule is COC(=O)CCc1c(C)nc(SC)c(C#N)c1C. The van der Waals surface area contributed by atoms with Gasteiger partial charge in [0, 0.05) is 12.1 Å². The van der Waals surface area contributed by atoms with Gasteiger partial charge in [-0.25, -0.2) is 4.98 Å². The summed E-state index contributed by atoms with van der Waals surface area (Å²) in [6.45, 7) is 3.81. The molecule has 0 aliphatic rings. The molecule has 0 N–H and O–H groups in total. The summed E-state index contributed by atoms with van der Waals surface area (Å²) in [6.07, 6.45) is 2.76. The van der Waals surface area contributed by atoms with E-state index in [0.717, 1.165) is 21.8 Å². The molecule has 0 saturated heterocycles. The Morgan fingerprint density at radius 2 is 2.17 bits per heavy atom. The highest BCUT2D eigenvalue weighted by atomic mass is 32.2. The Kier molecular flexibility index (Phi) is 5.17. The lowest BCUT2D eigenvalue weighted by Crippen LogP contribution is -2.07. The van der Waals surface area contributed by atoms with Crippen LogP contribution >= 0.6 is 11.8 Å². The molecule has 1 aromatic heterocycles. The van der Waals surface area contributed by atoms with Gasteiger partial charge in [0.15, 0.2) is 0 Å². The summed E-state index contributed by atoms with van der Waals surface area (Å²) in [5.41, 5.74) is 3.36. The van der Waals surface area contributed by atoms with Crippen molar-refractivity contribution in [1.29, 1.82) is 5.26 Å². The maximum absolute atomic E-state index is 11.2. The van der Waals surface area contributed by atoms with Crippen molar-refractivity contribution in [3.63, 3.8) is 0 Å². The number of aromatic nitrogens is 1. The summed E-state index contributed by atoms with van der Waals surface area (Å²) in [5.74, 6) is -0.249. The predicted molar refractivity (Wildman–Crippen MR) is 70.5 cm³/mol. The Labute approximate surface area is 111 Å². The number of hydrogen-bond donors (Lipinski definition) is 0. The molecule has 5 heteroatoms. The first-order chi connectivity index (χ1) is 8.54. The van der Waals surface area contributed by atoms with Gasteiger partial charge in [0.2, 0.25) is 0 Å². The lowest BCUT2D eigenvalue weighted by molar-refractivity contribution is -0.140. The van der Waals surface area contributed by atoms with E-state index in [0.29, 0.717) is 18.4 Å². The van der Waals surface area contributed by atoms with Gasteiger partial charge >= 0.3 is 5.97 Å². The number of hydrogen-bond acceptors (Lipinski definition) is 5. The van der Waals surface area contributed by atoms with Crippen molar-refractivity contribution in [3.05, 3.63) is 22.4 Å². The molecule has 0 aromatic carbocycles. The van der Waals surface area contributed by atoms with E-state index in [2.05, 4.69) is 15.8 Å². The van der Waals surface area contributed by atoms with Crippen LogP contribution in [0.1, 0.15) is 28.8 Å². The molecule has 96 valence electrons. The van der Waals surface area contributed by atoms with Gasteiger partial charge < -0.3 is 4.74 Å². The van der Waals surface area contributed by atoms with E-state index in [9.17, 15) is 10.1 Å². The molecule has 1 aromatic rings. The first-order valence-electron chi connectivity index (χ1n) is 5.56. The van der Waals surface area contributed by atoms with Gasteiger partial charge in [0.25, 0.3) is 0 Å². The van der Waals surface area contributed by atoms with Crippen molar-refractivity contribution in [2.24, 2.45) is 0 Å². The Bertz CT molecular complexity index is 507. The first kappa shape index (κ1) is 14.5. The minimum atomic E-state index is -0.249. The molecule has 0 radical (unpaired) electrons. The molecule has 1 rings (SSSR count). The topological polar surface area (TPSA) is 63.0 Å². The van der Waals surface area contributed by atoms with E-state index in [4.69, 9.17) is 0 Å². The molecule has 0 amide bonds. The van der Waals surface area contributed by atoms with E-state index < -0.39 is 0 Å². The molecule has 0 aliphatic heterocycles. The largest absolute Gasteiger partial charge is 0.469 e. The van der Waals surface area contributed by atoms with Gasteiger partial charge in [-0.1, -0.05) is 0 Å². The zero-order valence-corrected chi connectivity index (χ0v) is 11.8.